The van der Waals surface area contributed by atoms with Crippen molar-refractivity contribution in [3.05, 3.63) is 22.7 Å². The third kappa shape index (κ3) is 7.22. The molecule has 25 heavy (non-hydrogen) atoms. The molecule has 1 rings (SSSR count). The molecular weight excluding hydrogens is 410 g/mol. The summed E-state index contributed by atoms with van der Waals surface area (Å²) in [6, 6.07) is 4.69. The van der Waals surface area contributed by atoms with Gasteiger partial charge < -0.3 is 14.2 Å². The lowest BCUT2D eigenvalue weighted by Crippen LogP contribution is -2.34. The van der Waals surface area contributed by atoms with Gasteiger partial charge in [-0.3, -0.25) is 0 Å². The van der Waals surface area contributed by atoms with Crippen molar-refractivity contribution in [2.24, 2.45) is 5.41 Å². The van der Waals surface area contributed by atoms with Gasteiger partial charge in [-0.2, -0.15) is 0 Å². The van der Waals surface area contributed by atoms with Crippen molar-refractivity contribution in [1.82, 2.24) is 4.72 Å². The molecule has 0 spiro atoms. The topological polar surface area (TPSA) is 73.9 Å². The molecule has 0 atom stereocenters. The number of benzene rings is 1. The van der Waals surface area contributed by atoms with Gasteiger partial charge in [0, 0.05) is 20.8 Å². The molecule has 0 aromatic heterocycles. The largest absolute Gasteiger partial charge is 0.496 e. The molecule has 8 heteroatoms. The highest BCUT2D eigenvalue weighted by atomic mass is 79.9. The Bertz CT molecular complexity index is 644. The molecule has 144 valence electrons. The van der Waals surface area contributed by atoms with Gasteiger partial charge in [-0.1, -0.05) is 13.8 Å². The van der Waals surface area contributed by atoms with Gasteiger partial charge in [-0.05, 0) is 58.8 Å². The number of halogens is 1. The van der Waals surface area contributed by atoms with E-state index >= 15 is 0 Å². The minimum atomic E-state index is -3.58. The average Bonchev–Trinajstić information content (AvgIpc) is 2.57. The van der Waals surface area contributed by atoms with Crippen molar-refractivity contribution in [2.75, 3.05) is 27.9 Å². The summed E-state index contributed by atoms with van der Waals surface area (Å²) < 4.78 is 43.7. The van der Waals surface area contributed by atoms with Crippen LogP contribution in [0.5, 0.6) is 5.75 Å². The van der Waals surface area contributed by atoms with Gasteiger partial charge in [-0.15, -0.1) is 0 Å². The molecule has 0 unspecified atom stereocenters. The van der Waals surface area contributed by atoms with Gasteiger partial charge >= 0.3 is 0 Å². The molecular formula is C17H28BrNO5S. The van der Waals surface area contributed by atoms with Gasteiger partial charge in [0.2, 0.25) is 10.0 Å². The predicted molar refractivity (Wildman–Crippen MR) is 101 cm³/mol. The van der Waals surface area contributed by atoms with Crippen LogP contribution in [0.1, 0.15) is 33.1 Å². The van der Waals surface area contributed by atoms with Crippen LogP contribution in [0.2, 0.25) is 0 Å². The van der Waals surface area contributed by atoms with Crippen LogP contribution in [-0.4, -0.2) is 42.6 Å². The lowest BCUT2D eigenvalue weighted by atomic mass is 9.87. The highest BCUT2D eigenvalue weighted by Gasteiger charge is 2.23. The summed E-state index contributed by atoms with van der Waals surface area (Å²) in [4.78, 5) is 0.204. The summed E-state index contributed by atoms with van der Waals surface area (Å²) >= 11 is 3.31. The fourth-order valence-electron chi connectivity index (χ4n) is 2.36. The fraction of sp³-hybridized carbons (Fsp3) is 0.647. The second-order valence-electron chi connectivity index (χ2n) is 6.58. The third-order valence-electron chi connectivity index (χ3n) is 3.99. The standard InChI is InChI=1S/C17H28BrNO5S/c1-17(2,10-6-7-16(23-4)24-5)12-19-25(20,21)13-8-9-15(22-3)14(18)11-13/h8-9,11,16,19H,6-7,10,12H2,1-5H3. The molecule has 0 fully saturated rings. The monoisotopic (exact) mass is 437 g/mol. The molecule has 0 saturated carbocycles. The Hall–Kier alpha value is -0.670. The molecule has 1 N–H and O–H groups in total. The minimum Gasteiger partial charge on any atom is -0.496 e. The smallest absolute Gasteiger partial charge is 0.240 e. The lowest BCUT2D eigenvalue weighted by molar-refractivity contribution is -0.107. The number of ether oxygens (including phenoxy) is 3. The summed E-state index contributed by atoms with van der Waals surface area (Å²) in [5.41, 5.74) is -0.178. The Morgan fingerprint density at radius 1 is 1.20 bits per heavy atom. The summed E-state index contributed by atoms with van der Waals surface area (Å²) in [6.45, 7) is 4.42. The molecule has 0 heterocycles. The van der Waals surface area contributed by atoms with E-state index in [2.05, 4.69) is 20.7 Å². The SMILES string of the molecule is COc1ccc(S(=O)(=O)NCC(C)(C)CCCC(OC)OC)cc1Br. The maximum Gasteiger partial charge on any atom is 0.240 e. The summed E-state index contributed by atoms with van der Waals surface area (Å²) in [7, 11) is 1.18. The van der Waals surface area contributed by atoms with Crippen molar-refractivity contribution in [3.63, 3.8) is 0 Å². The highest BCUT2D eigenvalue weighted by molar-refractivity contribution is 9.10. The van der Waals surface area contributed by atoms with Crippen molar-refractivity contribution in [2.45, 2.75) is 44.3 Å². The van der Waals surface area contributed by atoms with Crippen LogP contribution < -0.4 is 9.46 Å². The normalized spacial score (nSPS) is 12.6. The van der Waals surface area contributed by atoms with Crippen LogP contribution in [0.3, 0.4) is 0 Å². The highest BCUT2D eigenvalue weighted by Crippen LogP contribution is 2.28. The van der Waals surface area contributed by atoms with Crippen LogP contribution in [-0.2, 0) is 19.5 Å². The summed E-state index contributed by atoms with van der Waals surface area (Å²) in [6.07, 6.45) is 2.29. The average molecular weight is 438 g/mol. The first-order chi connectivity index (χ1) is 11.6. The number of rotatable bonds is 11. The Balaban J connectivity index is 2.63. The van der Waals surface area contributed by atoms with E-state index in [1.165, 1.54) is 19.2 Å². The number of methoxy groups -OCH3 is 3. The first kappa shape index (κ1) is 22.4. The maximum atomic E-state index is 12.5. The van der Waals surface area contributed by atoms with Crippen molar-refractivity contribution in [3.8, 4) is 5.75 Å². The van der Waals surface area contributed by atoms with E-state index < -0.39 is 10.0 Å². The minimum absolute atomic E-state index is 0.178. The van der Waals surface area contributed by atoms with E-state index in [4.69, 9.17) is 14.2 Å². The second-order valence-corrected chi connectivity index (χ2v) is 9.20. The first-order valence-electron chi connectivity index (χ1n) is 8.04. The first-order valence-corrected chi connectivity index (χ1v) is 10.3. The molecule has 1 aromatic rings. The zero-order chi connectivity index (χ0) is 19.1. The van der Waals surface area contributed by atoms with Crippen LogP contribution in [0.25, 0.3) is 0 Å². The number of nitrogens with one attached hydrogen (secondary N) is 1. The Labute approximate surface area is 159 Å². The van der Waals surface area contributed by atoms with Crippen molar-refractivity contribution >= 4 is 26.0 Å². The molecule has 1 aromatic carbocycles. The van der Waals surface area contributed by atoms with Crippen LogP contribution in [0.4, 0.5) is 0 Å². The molecule has 0 aliphatic rings. The van der Waals surface area contributed by atoms with Crippen LogP contribution >= 0.6 is 15.9 Å². The second kappa shape index (κ2) is 9.87. The van der Waals surface area contributed by atoms with E-state index in [1.54, 1.807) is 20.3 Å². The van der Waals surface area contributed by atoms with E-state index in [9.17, 15) is 8.42 Å². The number of hydrogen-bond acceptors (Lipinski definition) is 5. The van der Waals surface area contributed by atoms with Crippen LogP contribution in [0.15, 0.2) is 27.6 Å². The molecule has 0 bridgehead atoms. The van der Waals surface area contributed by atoms with Crippen molar-refractivity contribution in [1.29, 1.82) is 0 Å². The van der Waals surface area contributed by atoms with E-state index in [1.807, 2.05) is 13.8 Å². The number of sulfonamides is 1. The Morgan fingerprint density at radius 2 is 1.84 bits per heavy atom. The van der Waals surface area contributed by atoms with E-state index in [0.717, 1.165) is 19.3 Å². The molecule has 6 nitrogen and oxygen atoms in total. The predicted octanol–water partition coefficient (Wildman–Crippen LogP) is 3.55. The Kier molecular flexibility index (Phi) is 8.83. The van der Waals surface area contributed by atoms with Gasteiger partial charge in [0.1, 0.15) is 5.75 Å². The molecule has 0 saturated heterocycles. The molecule has 0 radical (unpaired) electrons. The quantitative estimate of drug-likeness (QED) is 0.535. The lowest BCUT2D eigenvalue weighted by Gasteiger charge is -2.25. The van der Waals surface area contributed by atoms with Gasteiger partial charge in [0.15, 0.2) is 6.29 Å². The van der Waals surface area contributed by atoms with Crippen LogP contribution in [0, 0.1) is 5.41 Å². The van der Waals surface area contributed by atoms with E-state index in [-0.39, 0.29) is 16.6 Å². The zero-order valence-corrected chi connectivity index (χ0v) is 17.9. The zero-order valence-electron chi connectivity index (χ0n) is 15.5. The third-order valence-corrected chi connectivity index (χ3v) is 6.01. The summed E-state index contributed by atoms with van der Waals surface area (Å²) in [5, 5.41) is 0. The molecule has 0 amide bonds. The Morgan fingerprint density at radius 3 is 2.36 bits per heavy atom. The van der Waals surface area contributed by atoms with Gasteiger partial charge in [0.05, 0.1) is 16.5 Å². The van der Waals surface area contributed by atoms with E-state index in [0.29, 0.717) is 16.8 Å². The van der Waals surface area contributed by atoms with Gasteiger partial charge in [-0.25, -0.2) is 13.1 Å². The number of hydrogen-bond donors (Lipinski definition) is 1. The molecule has 0 aliphatic carbocycles. The molecule has 0 aliphatic heterocycles. The fourth-order valence-corrected chi connectivity index (χ4v) is 4.32. The van der Waals surface area contributed by atoms with Gasteiger partial charge in [0.25, 0.3) is 0 Å². The maximum absolute atomic E-state index is 12.5. The summed E-state index contributed by atoms with van der Waals surface area (Å²) in [5.74, 6) is 0.588. The van der Waals surface area contributed by atoms with Crippen molar-refractivity contribution < 1.29 is 22.6 Å².